The Balaban J connectivity index is 1.68. The Bertz CT molecular complexity index is 1340. The molecule has 0 aliphatic heterocycles. The van der Waals surface area contributed by atoms with Crippen LogP contribution in [0.5, 0.6) is 0 Å². The Morgan fingerprint density at radius 3 is 2.28 bits per heavy atom. The molecule has 0 saturated heterocycles. The van der Waals surface area contributed by atoms with Gasteiger partial charge < -0.3 is 5.11 Å². The van der Waals surface area contributed by atoms with Crippen molar-refractivity contribution >= 4 is 27.0 Å². The molecule has 32 heavy (non-hydrogen) atoms. The summed E-state index contributed by atoms with van der Waals surface area (Å²) in [7, 11) is -3.74. The summed E-state index contributed by atoms with van der Waals surface area (Å²) in [6.45, 7) is 2.36. The minimum atomic E-state index is -3.74. The van der Waals surface area contributed by atoms with Gasteiger partial charge in [0.1, 0.15) is 0 Å². The van der Waals surface area contributed by atoms with E-state index in [1.807, 2.05) is 49.4 Å². The van der Waals surface area contributed by atoms with Gasteiger partial charge in [0.15, 0.2) is 0 Å². The van der Waals surface area contributed by atoms with Gasteiger partial charge in [0, 0.05) is 24.7 Å². The lowest BCUT2D eigenvalue weighted by molar-refractivity contribution is 0.197. The van der Waals surface area contributed by atoms with E-state index in [0.717, 1.165) is 22.1 Å². The minimum absolute atomic E-state index is 0.221. The third-order valence-corrected chi connectivity index (χ3v) is 7.35. The maximum absolute atomic E-state index is 13.5. The average molecular weight is 449 g/mol. The van der Waals surface area contributed by atoms with E-state index >= 15 is 0 Å². The summed E-state index contributed by atoms with van der Waals surface area (Å²) in [4.78, 5) is 11.9. The first-order valence-electron chi connectivity index (χ1n) is 10.3. The molecule has 0 fully saturated rings. The predicted octanol–water partition coefficient (Wildman–Crippen LogP) is 4.91. The second-order valence-electron chi connectivity index (χ2n) is 7.71. The Kier molecular flexibility index (Phi) is 6.12. The van der Waals surface area contributed by atoms with Crippen molar-refractivity contribution in [1.29, 1.82) is 0 Å². The van der Waals surface area contributed by atoms with Crippen LogP contribution in [0.1, 0.15) is 16.7 Å². The first kappa shape index (κ1) is 21.8. The van der Waals surface area contributed by atoms with Crippen LogP contribution in [0.15, 0.2) is 90.0 Å². The van der Waals surface area contributed by atoms with Crippen molar-refractivity contribution in [3.63, 3.8) is 0 Å². The van der Waals surface area contributed by atoms with Crippen LogP contribution in [0.3, 0.4) is 0 Å². The lowest BCUT2D eigenvalue weighted by Gasteiger charge is -2.22. The Labute approximate surface area is 187 Å². The molecule has 7 heteroatoms. The molecule has 0 aliphatic rings. The molecule has 4 rings (SSSR count). The molecule has 0 atom stereocenters. The van der Waals surface area contributed by atoms with Gasteiger partial charge in [-0.3, -0.25) is 4.57 Å². The number of aryl methyl sites for hydroxylation is 1. The number of para-hydroxylation sites is 1. The number of hydrogen-bond acceptors (Lipinski definition) is 3. The molecule has 0 saturated carbocycles. The smallest absolute Gasteiger partial charge is 0.416 e. The highest BCUT2D eigenvalue weighted by Crippen LogP contribution is 2.24. The molecule has 1 N–H and O–H groups in total. The lowest BCUT2D eigenvalue weighted by atomic mass is 10.1. The Morgan fingerprint density at radius 1 is 0.938 bits per heavy atom. The van der Waals surface area contributed by atoms with Crippen LogP contribution in [0.4, 0.5) is 4.79 Å². The molecule has 1 aromatic heterocycles. The summed E-state index contributed by atoms with van der Waals surface area (Å²) in [5.74, 6) is 0. The molecular weight excluding hydrogens is 424 g/mol. The van der Waals surface area contributed by atoms with Gasteiger partial charge in [0.05, 0.1) is 10.4 Å². The fourth-order valence-corrected chi connectivity index (χ4v) is 5.21. The number of rotatable bonds is 7. The van der Waals surface area contributed by atoms with Gasteiger partial charge in [0.2, 0.25) is 10.0 Å². The fourth-order valence-electron chi connectivity index (χ4n) is 3.78. The van der Waals surface area contributed by atoms with Gasteiger partial charge in [-0.15, -0.1) is 0 Å². The van der Waals surface area contributed by atoms with Crippen molar-refractivity contribution in [3.8, 4) is 0 Å². The van der Waals surface area contributed by atoms with Crippen LogP contribution in [0, 0.1) is 6.92 Å². The molecule has 0 amide bonds. The maximum atomic E-state index is 13.5. The molecule has 6 nitrogen and oxygen atoms in total. The molecule has 4 aromatic rings. The van der Waals surface area contributed by atoms with Gasteiger partial charge in [-0.1, -0.05) is 66.2 Å². The van der Waals surface area contributed by atoms with Crippen molar-refractivity contribution < 1.29 is 18.3 Å². The van der Waals surface area contributed by atoms with Gasteiger partial charge in [-0.25, -0.2) is 13.2 Å². The number of fused-ring (bicyclic) bond motifs is 1. The Morgan fingerprint density at radius 2 is 1.59 bits per heavy atom. The fraction of sp³-hybridized carbons (Fsp3) is 0.160. The molecule has 1 heterocycles. The summed E-state index contributed by atoms with van der Waals surface area (Å²) in [5, 5.41) is 10.3. The van der Waals surface area contributed by atoms with Crippen molar-refractivity contribution in [2.75, 3.05) is 6.54 Å². The maximum Gasteiger partial charge on any atom is 0.416 e. The standard InChI is InChI=1S/C25H24N2O4S/c1-19-11-13-22(14-12-19)32(30,31)26(17-20-7-3-2-4-8-20)16-15-21-18-27(25(28)29)24-10-6-5-9-23(21)24/h2-14,18H,15-17H2,1H3,(H,28,29). The van der Waals surface area contributed by atoms with Gasteiger partial charge in [-0.2, -0.15) is 4.31 Å². The summed E-state index contributed by atoms with van der Waals surface area (Å²) >= 11 is 0. The van der Waals surface area contributed by atoms with Crippen molar-refractivity contribution in [2.24, 2.45) is 0 Å². The van der Waals surface area contributed by atoms with Crippen LogP contribution >= 0.6 is 0 Å². The monoisotopic (exact) mass is 448 g/mol. The van der Waals surface area contributed by atoms with E-state index in [-0.39, 0.29) is 18.0 Å². The predicted molar refractivity (Wildman–Crippen MR) is 124 cm³/mol. The lowest BCUT2D eigenvalue weighted by Crippen LogP contribution is -2.32. The zero-order valence-corrected chi connectivity index (χ0v) is 18.5. The summed E-state index contributed by atoms with van der Waals surface area (Å²) in [6, 6.07) is 23.5. The highest BCUT2D eigenvalue weighted by Gasteiger charge is 2.25. The van der Waals surface area contributed by atoms with E-state index in [4.69, 9.17) is 0 Å². The van der Waals surface area contributed by atoms with Crippen molar-refractivity contribution in [3.05, 3.63) is 102 Å². The first-order chi connectivity index (χ1) is 15.4. The normalized spacial score (nSPS) is 11.8. The molecule has 3 aromatic carbocycles. The minimum Gasteiger partial charge on any atom is -0.464 e. The first-order valence-corrected chi connectivity index (χ1v) is 11.7. The zero-order chi connectivity index (χ0) is 22.7. The van der Waals surface area contributed by atoms with Gasteiger partial charge in [-0.05, 0) is 42.7 Å². The average Bonchev–Trinajstić information content (AvgIpc) is 3.16. The largest absolute Gasteiger partial charge is 0.464 e. The molecular formula is C25H24N2O4S. The van der Waals surface area contributed by atoms with Gasteiger partial charge >= 0.3 is 6.09 Å². The quantitative estimate of drug-likeness (QED) is 0.436. The summed E-state index contributed by atoms with van der Waals surface area (Å²) in [6.07, 6.45) is 0.895. The van der Waals surface area contributed by atoms with Gasteiger partial charge in [0.25, 0.3) is 0 Å². The third kappa shape index (κ3) is 4.44. The van der Waals surface area contributed by atoms with Crippen LogP contribution < -0.4 is 0 Å². The van der Waals surface area contributed by atoms with E-state index in [0.29, 0.717) is 11.9 Å². The van der Waals surface area contributed by atoms with Crippen molar-refractivity contribution in [1.82, 2.24) is 8.87 Å². The number of aromatic nitrogens is 1. The van der Waals surface area contributed by atoms with E-state index in [1.165, 1.54) is 8.87 Å². The molecule has 164 valence electrons. The Hall–Kier alpha value is -3.42. The second-order valence-corrected chi connectivity index (χ2v) is 9.65. The SMILES string of the molecule is Cc1ccc(S(=O)(=O)N(CCc2cn(C(=O)O)c3ccccc23)Cc2ccccc2)cc1. The number of sulfonamides is 1. The van der Waals surface area contributed by atoms with Crippen LogP contribution in [0.2, 0.25) is 0 Å². The highest BCUT2D eigenvalue weighted by atomic mass is 32.2. The number of benzene rings is 3. The summed E-state index contributed by atoms with van der Waals surface area (Å²) in [5.41, 5.74) is 3.25. The van der Waals surface area contributed by atoms with Crippen molar-refractivity contribution in [2.45, 2.75) is 24.8 Å². The van der Waals surface area contributed by atoms with E-state index in [2.05, 4.69) is 0 Å². The van der Waals surface area contributed by atoms with E-state index in [9.17, 15) is 18.3 Å². The van der Waals surface area contributed by atoms with Crippen LogP contribution in [-0.2, 0) is 23.0 Å². The molecule has 0 spiro atoms. The third-order valence-electron chi connectivity index (χ3n) is 5.49. The molecule has 0 unspecified atom stereocenters. The number of hydrogen-bond donors (Lipinski definition) is 1. The number of nitrogens with zero attached hydrogens (tertiary/aromatic N) is 2. The highest BCUT2D eigenvalue weighted by molar-refractivity contribution is 7.89. The molecule has 0 radical (unpaired) electrons. The second kappa shape index (κ2) is 8.98. The number of carboxylic acid groups (broad SMARTS) is 1. The van der Waals surface area contributed by atoms with E-state index in [1.54, 1.807) is 42.6 Å². The molecule has 0 aliphatic carbocycles. The number of carbonyl (C=O) groups is 1. The summed E-state index contributed by atoms with van der Waals surface area (Å²) < 4.78 is 29.6. The van der Waals surface area contributed by atoms with Crippen LogP contribution in [0.25, 0.3) is 10.9 Å². The topological polar surface area (TPSA) is 79.6 Å². The zero-order valence-electron chi connectivity index (χ0n) is 17.7. The van der Waals surface area contributed by atoms with Crippen LogP contribution in [-0.4, -0.2) is 35.0 Å². The van der Waals surface area contributed by atoms with E-state index < -0.39 is 16.1 Å². The molecule has 0 bridgehead atoms.